The Labute approximate surface area is 51.9 Å². The van der Waals surface area contributed by atoms with Gasteiger partial charge in [-0.2, -0.15) is 0 Å². The summed E-state index contributed by atoms with van der Waals surface area (Å²) in [7, 11) is 0. The number of aliphatic hydroxyl groups excluding tert-OH is 1. The van der Waals surface area contributed by atoms with Crippen LogP contribution in [0.3, 0.4) is 0 Å². The number of hydrogen-bond acceptors (Lipinski definition) is 3. The van der Waals surface area contributed by atoms with E-state index in [9.17, 15) is 4.79 Å². The van der Waals surface area contributed by atoms with Crippen LogP contribution in [0.4, 0.5) is 0 Å². The number of aldehydes is 1. The van der Waals surface area contributed by atoms with Gasteiger partial charge in [0.05, 0.1) is 12.6 Å². The second kappa shape index (κ2) is 5.08. The molecule has 0 amide bonds. The third kappa shape index (κ3) is 4.80. The Morgan fingerprint density at radius 3 is 3.00 bits per heavy atom. The van der Waals surface area contributed by atoms with Gasteiger partial charge in [0, 0.05) is 11.3 Å². The normalized spacial score (nSPS) is 11.7. The molecular weight excluding hydrogens is 122 g/mol. The molecule has 0 bridgehead atoms. The molecule has 9 heavy (non-hydrogen) atoms. The molecule has 1 N–H and O–H groups in total. The van der Waals surface area contributed by atoms with E-state index in [1.54, 1.807) is 0 Å². The van der Waals surface area contributed by atoms with Crippen LogP contribution in [-0.2, 0) is 4.79 Å². The second-order valence-corrected chi connectivity index (χ2v) is 1.47. The Hall–Kier alpha value is -1.06. The van der Waals surface area contributed by atoms with Crippen LogP contribution in [-0.4, -0.2) is 24.0 Å². The molecule has 1 atom stereocenters. The molecule has 0 aromatic rings. The number of carbonyl (C=O) groups is 1. The van der Waals surface area contributed by atoms with E-state index in [0.717, 1.165) is 0 Å². The summed E-state index contributed by atoms with van der Waals surface area (Å²) in [5.41, 5.74) is 7.74. The molecule has 5 heteroatoms. The van der Waals surface area contributed by atoms with Crippen LogP contribution in [0.2, 0.25) is 0 Å². The van der Waals surface area contributed by atoms with Gasteiger partial charge in [0.25, 0.3) is 0 Å². The number of azide groups is 1. The minimum absolute atomic E-state index is 0.0268. The average Bonchev–Trinajstić information content (AvgIpc) is 1.85. The van der Waals surface area contributed by atoms with Gasteiger partial charge in [-0.1, -0.05) is 5.11 Å². The van der Waals surface area contributed by atoms with Gasteiger partial charge < -0.3 is 9.90 Å². The monoisotopic (exact) mass is 129 g/mol. The molecule has 1 unspecified atom stereocenters. The van der Waals surface area contributed by atoms with Crippen molar-refractivity contribution < 1.29 is 9.90 Å². The maximum atomic E-state index is 9.68. The van der Waals surface area contributed by atoms with Crippen molar-refractivity contribution in [3.05, 3.63) is 10.4 Å². The van der Waals surface area contributed by atoms with Crippen molar-refractivity contribution in [3.63, 3.8) is 0 Å². The molecule has 5 nitrogen and oxygen atoms in total. The first-order valence-corrected chi connectivity index (χ1v) is 2.43. The Bertz CT molecular complexity index is 130. The second-order valence-electron chi connectivity index (χ2n) is 1.47. The molecule has 0 saturated carbocycles. The molecule has 0 radical (unpaired) electrons. The van der Waals surface area contributed by atoms with Gasteiger partial charge in [-0.3, -0.25) is 0 Å². The summed E-state index contributed by atoms with van der Waals surface area (Å²) in [6.45, 7) is -0.0325. The van der Waals surface area contributed by atoms with E-state index in [2.05, 4.69) is 10.0 Å². The van der Waals surface area contributed by atoms with Crippen molar-refractivity contribution in [3.8, 4) is 0 Å². The standard InChI is InChI=1S/C4H7N3O2/c5-7-6-3-4(9)1-2-8/h2,4,9H,1,3H2. The summed E-state index contributed by atoms with van der Waals surface area (Å²) in [5.74, 6) is 0. The van der Waals surface area contributed by atoms with Gasteiger partial charge in [0.1, 0.15) is 6.29 Å². The van der Waals surface area contributed by atoms with Crippen molar-refractivity contribution in [2.45, 2.75) is 12.5 Å². The summed E-state index contributed by atoms with van der Waals surface area (Å²) in [6.07, 6.45) is -0.213. The molecular formula is C4H7N3O2. The molecule has 0 aromatic heterocycles. The van der Waals surface area contributed by atoms with Crippen molar-refractivity contribution in [2.24, 2.45) is 5.11 Å². The first-order valence-electron chi connectivity index (χ1n) is 2.43. The van der Waals surface area contributed by atoms with Crippen LogP contribution >= 0.6 is 0 Å². The molecule has 0 rings (SSSR count). The van der Waals surface area contributed by atoms with Gasteiger partial charge >= 0.3 is 0 Å². The lowest BCUT2D eigenvalue weighted by Crippen LogP contribution is -2.09. The smallest absolute Gasteiger partial charge is 0.122 e. The molecule has 0 aliphatic heterocycles. The molecule has 0 aliphatic carbocycles. The lowest BCUT2D eigenvalue weighted by Gasteiger charge is -1.97. The number of carbonyl (C=O) groups excluding carboxylic acids is 1. The van der Waals surface area contributed by atoms with Gasteiger partial charge in [-0.25, -0.2) is 0 Å². The summed E-state index contributed by atoms with van der Waals surface area (Å²) in [6, 6.07) is 0. The summed E-state index contributed by atoms with van der Waals surface area (Å²) in [4.78, 5) is 12.1. The average molecular weight is 129 g/mol. The van der Waals surface area contributed by atoms with E-state index >= 15 is 0 Å². The molecule has 0 heterocycles. The highest BCUT2D eigenvalue weighted by molar-refractivity contribution is 5.50. The topological polar surface area (TPSA) is 86.1 Å². The minimum atomic E-state index is -0.821. The minimum Gasteiger partial charge on any atom is -0.393 e. The molecule has 0 spiro atoms. The van der Waals surface area contributed by atoms with Crippen molar-refractivity contribution in [1.29, 1.82) is 0 Å². The maximum Gasteiger partial charge on any atom is 0.122 e. The van der Waals surface area contributed by atoms with Crippen LogP contribution in [0.25, 0.3) is 10.4 Å². The number of aliphatic hydroxyl groups is 1. The maximum absolute atomic E-state index is 9.68. The lowest BCUT2D eigenvalue weighted by molar-refractivity contribution is -0.109. The number of rotatable bonds is 4. The Kier molecular flexibility index (Phi) is 4.49. The van der Waals surface area contributed by atoms with Crippen LogP contribution in [0, 0.1) is 0 Å². The first kappa shape index (κ1) is 7.94. The van der Waals surface area contributed by atoms with Gasteiger partial charge in [0.15, 0.2) is 0 Å². The van der Waals surface area contributed by atoms with Crippen LogP contribution in [0.5, 0.6) is 0 Å². The zero-order chi connectivity index (χ0) is 7.11. The zero-order valence-electron chi connectivity index (χ0n) is 4.77. The predicted molar refractivity (Wildman–Crippen MR) is 30.7 cm³/mol. The Balaban J connectivity index is 3.36. The largest absolute Gasteiger partial charge is 0.393 e. The van der Waals surface area contributed by atoms with E-state index in [4.69, 9.17) is 10.6 Å². The fraction of sp³-hybridized carbons (Fsp3) is 0.750. The van der Waals surface area contributed by atoms with E-state index in [0.29, 0.717) is 6.29 Å². The zero-order valence-corrected chi connectivity index (χ0v) is 4.77. The quantitative estimate of drug-likeness (QED) is 0.255. The number of hydrogen-bond donors (Lipinski definition) is 1. The summed E-state index contributed by atoms with van der Waals surface area (Å²) < 4.78 is 0. The summed E-state index contributed by atoms with van der Waals surface area (Å²) in [5, 5.41) is 11.7. The highest BCUT2D eigenvalue weighted by atomic mass is 16.3. The van der Waals surface area contributed by atoms with Crippen LogP contribution in [0.15, 0.2) is 5.11 Å². The first-order chi connectivity index (χ1) is 4.31. The van der Waals surface area contributed by atoms with Crippen molar-refractivity contribution in [2.75, 3.05) is 6.54 Å². The Morgan fingerprint density at radius 2 is 2.56 bits per heavy atom. The lowest BCUT2D eigenvalue weighted by atomic mass is 10.3. The van der Waals surface area contributed by atoms with E-state index in [1.165, 1.54) is 0 Å². The number of nitrogens with zero attached hydrogens (tertiary/aromatic N) is 3. The molecule has 0 fully saturated rings. The van der Waals surface area contributed by atoms with Gasteiger partial charge in [-0.05, 0) is 5.53 Å². The van der Waals surface area contributed by atoms with Crippen molar-refractivity contribution >= 4 is 6.29 Å². The van der Waals surface area contributed by atoms with E-state index in [-0.39, 0.29) is 13.0 Å². The third-order valence-corrected chi connectivity index (χ3v) is 0.724. The molecule has 0 saturated heterocycles. The fourth-order valence-electron chi connectivity index (χ4n) is 0.316. The molecule has 0 aromatic carbocycles. The third-order valence-electron chi connectivity index (χ3n) is 0.724. The van der Waals surface area contributed by atoms with E-state index in [1.807, 2.05) is 0 Å². The molecule has 0 aliphatic rings. The summed E-state index contributed by atoms with van der Waals surface area (Å²) >= 11 is 0. The Morgan fingerprint density at radius 1 is 1.89 bits per heavy atom. The highest BCUT2D eigenvalue weighted by Crippen LogP contribution is 1.87. The highest BCUT2D eigenvalue weighted by Gasteiger charge is 1.98. The van der Waals surface area contributed by atoms with Crippen LogP contribution in [0.1, 0.15) is 6.42 Å². The molecule has 50 valence electrons. The SMILES string of the molecule is [N-]=[N+]=NCC(O)CC=O. The van der Waals surface area contributed by atoms with E-state index < -0.39 is 6.10 Å². The van der Waals surface area contributed by atoms with Gasteiger partial charge in [-0.15, -0.1) is 0 Å². The van der Waals surface area contributed by atoms with Gasteiger partial charge in [0.2, 0.25) is 0 Å². The fourth-order valence-corrected chi connectivity index (χ4v) is 0.316. The van der Waals surface area contributed by atoms with Crippen molar-refractivity contribution in [1.82, 2.24) is 0 Å². The van der Waals surface area contributed by atoms with Crippen LogP contribution < -0.4 is 0 Å². The predicted octanol–water partition coefficient (Wildman–Crippen LogP) is 0.247.